The number of nitrogens with zero attached hydrogens (tertiary/aromatic N) is 4. The number of aromatic amines is 1. The van der Waals surface area contributed by atoms with E-state index in [1.807, 2.05) is 42.5 Å². The van der Waals surface area contributed by atoms with Crippen molar-refractivity contribution >= 4 is 5.91 Å². The van der Waals surface area contributed by atoms with Crippen molar-refractivity contribution in [1.82, 2.24) is 24.9 Å². The second-order valence-electron chi connectivity index (χ2n) is 7.03. The van der Waals surface area contributed by atoms with Gasteiger partial charge >= 0.3 is 0 Å². The molecule has 0 saturated carbocycles. The maximum atomic E-state index is 13.2. The van der Waals surface area contributed by atoms with Gasteiger partial charge in [-0.05, 0) is 28.8 Å². The van der Waals surface area contributed by atoms with Crippen LogP contribution in [0.4, 0.5) is 0 Å². The Morgan fingerprint density at radius 2 is 2.14 bits per heavy atom. The van der Waals surface area contributed by atoms with E-state index in [1.54, 1.807) is 23.1 Å². The normalized spacial score (nSPS) is 16.2. The van der Waals surface area contributed by atoms with E-state index in [1.165, 1.54) is 5.56 Å². The molecule has 1 aromatic carbocycles. The van der Waals surface area contributed by atoms with Crippen LogP contribution < -0.4 is 0 Å². The number of aromatic nitrogens is 4. The average molecular weight is 373 g/mol. The topological polar surface area (TPSA) is 80.0 Å². The monoisotopic (exact) mass is 373 g/mol. The van der Waals surface area contributed by atoms with Gasteiger partial charge < -0.3 is 9.32 Å². The summed E-state index contributed by atoms with van der Waals surface area (Å²) in [5, 5.41) is 11.4. The number of hydrogen-bond donors (Lipinski definition) is 1. The lowest BCUT2D eigenvalue weighted by molar-refractivity contribution is 0.0719. The van der Waals surface area contributed by atoms with Crippen LogP contribution >= 0.6 is 0 Å². The molecule has 0 aliphatic carbocycles. The molecular formula is C21H19N5O2. The number of fused-ring (bicyclic) bond motifs is 1. The van der Waals surface area contributed by atoms with Gasteiger partial charge in [0, 0.05) is 38.3 Å². The van der Waals surface area contributed by atoms with Gasteiger partial charge in [-0.15, -0.1) is 0 Å². The third-order valence-corrected chi connectivity index (χ3v) is 5.19. The second kappa shape index (κ2) is 6.53. The Kier molecular flexibility index (Phi) is 3.86. The number of carbonyl (C=O) groups is 1. The summed E-state index contributed by atoms with van der Waals surface area (Å²) >= 11 is 0. The first-order chi connectivity index (χ1) is 13.7. The third kappa shape index (κ3) is 2.81. The third-order valence-electron chi connectivity index (χ3n) is 5.19. The minimum absolute atomic E-state index is 0.0890. The molecular weight excluding hydrogens is 354 g/mol. The minimum Gasteiger partial charge on any atom is -0.463 e. The summed E-state index contributed by atoms with van der Waals surface area (Å²) in [6.07, 6.45) is 5.48. The zero-order valence-corrected chi connectivity index (χ0v) is 15.4. The van der Waals surface area contributed by atoms with Crippen molar-refractivity contribution < 1.29 is 9.21 Å². The summed E-state index contributed by atoms with van der Waals surface area (Å²) in [5.74, 6) is 0.646. The van der Waals surface area contributed by atoms with E-state index >= 15 is 0 Å². The van der Waals surface area contributed by atoms with Crippen LogP contribution in [-0.2, 0) is 13.6 Å². The molecule has 1 N–H and O–H groups in total. The Hall–Kier alpha value is -3.61. The molecule has 0 bridgehead atoms. The number of amides is 1. The maximum absolute atomic E-state index is 13.2. The lowest BCUT2D eigenvalue weighted by atomic mass is 9.86. The Balaban J connectivity index is 1.47. The molecule has 0 fully saturated rings. The number of rotatable bonds is 3. The van der Waals surface area contributed by atoms with Crippen LogP contribution in [-0.4, -0.2) is 37.3 Å². The maximum Gasteiger partial charge on any atom is 0.274 e. The standard InChI is InChI=1S/C21H19N5O2/c1-25-11-15(10-22-25)17-13-26(12-14-5-2-3-6-16(14)17)21(27)19-9-18(23-24-19)20-7-4-8-28-20/h2-11,17H,12-13H2,1H3,(H,23,24). The molecule has 1 aliphatic rings. The van der Waals surface area contributed by atoms with Crippen molar-refractivity contribution in [3.63, 3.8) is 0 Å². The Morgan fingerprint density at radius 1 is 1.25 bits per heavy atom. The van der Waals surface area contributed by atoms with E-state index in [-0.39, 0.29) is 11.8 Å². The summed E-state index contributed by atoms with van der Waals surface area (Å²) in [4.78, 5) is 15.0. The molecule has 4 aromatic rings. The minimum atomic E-state index is -0.0996. The second-order valence-corrected chi connectivity index (χ2v) is 7.03. The fraction of sp³-hybridized carbons (Fsp3) is 0.190. The summed E-state index contributed by atoms with van der Waals surface area (Å²) in [6.45, 7) is 1.15. The van der Waals surface area contributed by atoms with Crippen molar-refractivity contribution in [2.24, 2.45) is 7.05 Å². The van der Waals surface area contributed by atoms with E-state index < -0.39 is 0 Å². The van der Waals surface area contributed by atoms with E-state index in [0.29, 0.717) is 30.2 Å². The van der Waals surface area contributed by atoms with Gasteiger partial charge in [0.1, 0.15) is 5.69 Å². The molecule has 1 amide bonds. The van der Waals surface area contributed by atoms with Gasteiger partial charge in [-0.3, -0.25) is 14.6 Å². The number of benzene rings is 1. The largest absolute Gasteiger partial charge is 0.463 e. The lowest BCUT2D eigenvalue weighted by Gasteiger charge is -2.34. The fourth-order valence-corrected chi connectivity index (χ4v) is 3.82. The van der Waals surface area contributed by atoms with Gasteiger partial charge in [-0.1, -0.05) is 24.3 Å². The van der Waals surface area contributed by atoms with Gasteiger partial charge in [-0.2, -0.15) is 10.2 Å². The van der Waals surface area contributed by atoms with E-state index in [9.17, 15) is 4.79 Å². The molecule has 0 saturated heterocycles. The Bertz CT molecular complexity index is 1130. The van der Waals surface area contributed by atoms with Crippen LogP contribution in [0.5, 0.6) is 0 Å². The number of furan rings is 1. The van der Waals surface area contributed by atoms with Gasteiger partial charge in [-0.25, -0.2) is 0 Å². The van der Waals surface area contributed by atoms with Gasteiger partial charge in [0.05, 0.1) is 12.5 Å². The molecule has 1 aliphatic heterocycles. The highest BCUT2D eigenvalue weighted by molar-refractivity contribution is 5.93. The fourth-order valence-electron chi connectivity index (χ4n) is 3.82. The number of carbonyl (C=O) groups excluding carboxylic acids is 1. The van der Waals surface area contributed by atoms with Crippen LogP contribution in [0.3, 0.4) is 0 Å². The highest BCUT2D eigenvalue weighted by atomic mass is 16.3. The molecule has 28 heavy (non-hydrogen) atoms. The lowest BCUT2D eigenvalue weighted by Crippen LogP contribution is -2.38. The molecule has 1 unspecified atom stereocenters. The number of nitrogens with one attached hydrogen (secondary N) is 1. The van der Waals surface area contributed by atoms with Crippen LogP contribution in [0.1, 0.15) is 33.1 Å². The molecule has 4 heterocycles. The van der Waals surface area contributed by atoms with Gasteiger partial charge in [0.25, 0.3) is 5.91 Å². The first kappa shape index (κ1) is 16.6. The molecule has 0 radical (unpaired) electrons. The summed E-state index contributed by atoms with van der Waals surface area (Å²) < 4.78 is 7.17. The van der Waals surface area contributed by atoms with Crippen LogP contribution in [0, 0.1) is 0 Å². The predicted octanol–water partition coefficient (Wildman–Crippen LogP) is 3.19. The molecule has 140 valence electrons. The average Bonchev–Trinajstić information content (AvgIpc) is 3.47. The van der Waals surface area contributed by atoms with Gasteiger partial charge in [0.15, 0.2) is 11.5 Å². The zero-order chi connectivity index (χ0) is 19.1. The van der Waals surface area contributed by atoms with E-state index in [0.717, 1.165) is 11.1 Å². The van der Waals surface area contributed by atoms with Crippen molar-refractivity contribution in [1.29, 1.82) is 0 Å². The van der Waals surface area contributed by atoms with Crippen LogP contribution in [0.25, 0.3) is 11.5 Å². The number of hydrogen-bond acceptors (Lipinski definition) is 4. The Labute approximate surface area is 161 Å². The van der Waals surface area contributed by atoms with Crippen molar-refractivity contribution in [2.75, 3.05) is 6.54 Å². The first-order valence-electron chi connectivity index (χ1n) is 9.14. The molecule has 5 rings (SSSR count). The highest BCUT2D eigenvalue weighted by Crippen LogP contribution is 2.34. The number of aryl methyl sites for hydroxylation is 1. The molecule has 1 atom stereocenters. The van der Waals surface area contributed by atoms with Crippen molar-refractivity contribution in [3.05, 3.63) is 83.5 Å². The Morgan fingerprint density at radius 3 is 2.93 bits per heavy atom. The predicted molar refractivity (Wildman–Crippen MR) is 103 cm³/mol. The summed E-state index contributed by atoms with van der Waals surface area (Å²) in [6, 6.07) is 13.6. The van der Waals surface area contributed by atoms with Crippen molar-refractivity contribution in [3.8, 4) is 11.5 Å². The summed E-state index contributed by atoms with van der Waals surface area (Å²) in [5.41, 5.74) is 4.58. The van der Waals surface area contributed by atoms with E-state index in [2.05, 4.69) is 27.4 Å². The summed E-state index contributed by atoms with van der Waals surface area (Å²) in [7, 11) is 1.90. The SMILES string of the molecule is Cn1cc(C2CN(C(=O)c3cc(-c4ccco4)[nH]n3)Cc3ccccc32)cn1. The van der Waals surface area contributed by atoms with Crippen molar-refractivity contribution in [2.45, 2.75) is 12.5 Å². The van der Waals surface area contributed by atoms with Crippen LogP contribution in [0.15, 0.2) is 65.5 Å². The number of H-pyrrole nitrogens is 1. The van der Waals surface area contributed by atoms with Gasteiger partial charge in [0.2, 0.25) is 0 Å². The quantitative estimate of drug-likeness (QED) is 0.598. The molecule has 7 heteroatoms. The smallest absolute Gasteiger partial charge is 0.274 e. The molecule has 0 spiro atoms. The van der Waals surface area contributed by atoms with E-state index in [4.69, 9.17) is 4.42 Å². The zero-order valence-electron chi connectivity index (χ0n) is 15.4. The molecule has 3 aromatic heterocycles. The highest BCUT2D eigenvalue weighted by Gasteiger charge is 2.31. The first-order valence-corrected chi connectivity index (χ1v) is 9.14. The van der Waals surface area contributed by atoms with Crippen LogP contribution in [0.2, 0.25) is 0 Å². The molecule has 7 nitrogen and oxygen atoms in total.